The molecule has 0 N–H and O–H groups in total. The van der Waals surface area contributed by atoms with Crippen molar-refractivity contribution in [3.8, 4) is 11.1 Å². The first-order chi connectivity index (χ1) is 10.7. The van der Waals surface area contributed by atoms with Crippen molar-refractivity contribution in [3.63, 3.8) is 0 Å². The maximum absolute atomic E-state index is 3.30. The first-order valence-corrected chi connectivity index (χ1v) is 8.72. The van der Waals surface area contributed by atoms with E-state index >= 15 is 0 Å². The summed E-state index contributed by atoms with van der Waals surface area (Å²) in [7, 11) is 0. The first-order valence-electron chi connectivity index (χ1n) is 7.50. The van der Waals surface area contributed by atoms with Crippen LogP contribution in [0, 0.1) is 12.1 Å². The van der Waals surface area contributed by atoms with Crippen LogP contribution in [-0.2, 0) is 30.7 Å². The molecule has 4 rings (SSSR count). The van der Waals surface area contributed by atoms with Crippen LogP contribution in [-0.4, -0.2) is 3.21 Å². The summed E-state index contributed by atoms with van der Waals surface area (Å²) in [6.07, 6.45) is 11.0. The zero-order valence-corrected chi connectivity index (χ0v) is 15.6. The van der Waals surface area contributed by atoms with Crippen molar-refractivity contribution in [1.82, 2.24) is 0 Å². The molecule has 0 heterocycles. The predicted octanol–water partition coefficient (Wildman–Crippen LogP) is 5.22. The Hall–Kier alpha value is -1.33. The van der Waals surface area contributed by atoms with Gasteiger partial charge in [0.2, 0.25) is 0 Å². The molecule has 0 radical (unpaired) electrons. The number of fused-ring (bicyclic) bond motifs is 3. The number of hydrogen-bond donors (Lipinski definition) is 0. The van der Waals surface area contributed by atoms with Crippen molar-refractivity contribution in [3.05, 3.63) is 84.0 Å². The van der Waals surface area contributed by atoms with E-state index in [2.05, 4.69) is 68.5 Å². The summed E-state index contributed by atoms with van der Waals surface area (Å²) in [4.78, 5) is 0. The van der Waals surface area contributed by atoms with Crippen LogP contribution in [0.2, 0.25) is 0 Å². The van der Waals surface area contributed by atoms with E-state index in [0.29, 0.717) is 0 Å². The molecule has 0 unspecified atom stereocenters. The van der Waals surface area contributed by atoms with Gasteiger partial charge in [-0.15, -0.1) is 12.0 Å². The van der Waals surface area contributed by atoms with E-state index in [0.717, 1.165) is 12.8 Å². The van der Waals surface area contributed by atoms with Crippen molar-refractivity contribution >= 4 is 3.21 Å². The van der Waals surface area contributed by atoms with E-state index < -0.39 is 0 Å². The van der Waals surface area contributed by atoms with Gasteiger partial charge >= 0.3 is 41.3 Å². The van der Waals surface area contributed by atoms with Crippen molar-refractivity contribution in [2.24, 2.45) is 0 Å². The summed E-state index contributed by atoms with van der Waals surface area (Å²) in [5.74, 6) is 0. The van der Waals surface area contributed by atoms with Gasteiger partial charge in [0, 0.05) is 0 Å². The molecule has 1 heteroatoms. The minimum atomic E-state index is 0. The van der Waals surface area contributed by atoms with Gasteiger partial charge in [0.25, 0.3) is 0 Å². The van der Waals surface area contributed by atoms with E-state index in [1.54, 1.807) is 24.2 Å². The molecule has 0 aliphatic heterocycles. The van der Waals surface area contributed by atoms with Gasteiger partial charge in [0.05, 0.1) is 0 Å². The van der Waals surface area contributed by atoms with Crippen LogP contribution in [0.3, 0.4) is 0 Å². The van der Waals surface area contributed by atoms with Crippen LogP contribution in [0.25, 0.3) is 11.1 Å². The molecule has 2 aliphatic carbocycles. The average molecular weight is 365 g/mol. The quantitative estimate of drug-likeness (QED) is 0.480. The monoisotopic (exact) mass is 363 g/mol. The number of rotatable bonds is 0. The fourth-order valence-corrected chi connectivity index (χ4v) is 2.34. The second-order valence-corrected chi connectivity index (χ2v) is 7.86. The smallest absolute Gasteiger partial charge is 0.0253 e. The SMILES string of the molecule is C[C](C)=[Zr].[C-]1=CC=CC1.[H-].[c-]1cccc2c1Cc1ccccc1-2. The third kappa shape index (κ3) is 5.14. The summed E-state index contributed by atoms with van der Waals surface area (Å²) in [6.45, 7) is 4.25. The summed E-state index contributed by atoms with van der Waals surface area (Å²) in [5.41, 5.74) is 5.51. The minimum Gasteiger partial charge on any atom is -1.00 e. The van der Waals surface area contributed by atoms with E-state index in [1.165, 1.54) is 25.5 Å². The average Bonchev–Trinajstić information content (AvgIpc) is 3.18. The van der Waals surface area contributed by atoms with Crippen LogP contribution in [0.4, 0.5) is 0 Å². The second-order valence-electron chi connectivity index (χ2n) is 5.40. The second kappa shape index (κ2) is 8.96. The van der Waals surface area contributed by atoms with Crippen molar-refractivity contribution < 1.29 is 25.7 Å². The van der Waals surface area contributed by atoms with E-state index in [4.69, 9.17) is 0 Å². The third-order valence-corrected chi connectivity index (χ3v) is 3.20. The molecular formula is C21H21Zr-3. The molecule has 22 heavy (non-hydrogen) atoms. The first kappa shape index (κ1) is 17.0. The Morgan fingerprint density at radius 3 is 2.45 bits per heavy atom. The Morgan fingerprint density at radius 1 is 1.09 bits per heavy atom. The molecule has 0 spiro atoms. The Balaban J connectivity index is 0.000000223. The molecule has 0 bridgehead atoms. The van der Waals surface area contributed by atoms with Gasteiger partial charge in [-0.3, -0.25) is 6.08 Å². The fourth-order valence-electron chi connectivity index (χ4n) is 2.34. The van der Waals surface area contributed by atoms with Crippen LogP contribution in [0.1, 0.15) is 32.8 Å². The van der Waals surface area contributed by atoms with Gasteiger partial charge in [-0.05, 0) is 6.42 Å². The Morgan fingerprint density at radius 2 is 1.82 bits per heavy atom. The van der Waals surface area contributed by atoms with Gasteiger partial charge in [-0.25, -0.2) is 12.2 Å². The van der Waals surface area contributed by atoms with E-state index in [1.807, 2.05) is 18.2 Å². The van der Waals surface area contributed by atoms with Crippen LogP contribution in [0.5, 0.6) is 0 Å². The maximum atomic E-state index is 3.30. The molecule has 2 aliphatic rings. The normalized spacial score (nSPS) is 12.4. The maximum Gasteiger partial charge on any atom is -0.0253 e. The largest absolute Gasteiger partial charge is 1.00 e. The van der Waals surface area contributed by atoms with Crippen molar-refractivity contribution in [2.75, 3.05) is 0 Å². The fraction of sp³-hybridized carbons (Fsp3) is 0.190. The Labute approximate surface area is 150 Å². The molecule has 2 aromatic carbocycles. The van der Waals surface area contributed by atoms with Gasteiger partial charge in [-0.1, -0.05) is 35.4 Å². The van der Waals surface area contributed by atoms with Gasteiger partial charge < -0.3 is 1.43 Å². The summed E-state index contributed by atoms with van der Waals surface area (Å²) in [5, 5.41) is 0. The number of hydrogen-bond acceptors (Lipinski definition) is 0. The Kier molecular flexibility index (Phi) is 6.94. The van der Waals surface area contributed by atoms with Gasteiger partial charge in [0.15, 0.2) is 0 Å². The molecule has 112 valence electrons. The molecule has 2 aromatic rings. The molecule has 0 amide bonds. The molecule has 0 fully saturated rings. The van der Waals surface area contributed by atoms with Crippen LogP contribution in [0.15, 0.2) is 60.7 Å². The van der Waals surface area contributed by atoms with Crippen molar-refractivity contribution in [1.29, 1.82) is 0 Å². The summed E-state index contributed by atoms with van der Waals surface area (Å²) >= 11 is 1.55. The molecule has 0 nitrogen and oxygen atoms in total. The van der Waals surface area contributed by atoms with Crippen molar-refractivity contribution in [2.45, 2.75) is 26.7 Å². The topological polar surface area (TPSA) is 0 Å². The van der Waals surface area contributed by atoms with E-state index in [-0.39, 0.29) is 1.43 Å². The van der Waals surface area contributed by atoms with Gasteiger partial charge in [-0.2, -0.15) is 35.9 Å². The summed E-state index contributed by atoms with van der Waals surface area (Å²) in [6, 6.07) is 18.1. The third-order valence-electron chi connectivity index (χ3n) is 3.20. The summed E-state index contributed by atoms with van der Waals surface area (Å²) < 4.78 is 1.51. The minimum absolute atomic E-state index is 0. The Bertz CT molecular complexity index is 641. The zero-order valence-electron chi connectivity index (χ0n) is 14.2. The van der Waals surface area contributed by atoms with E-state index in [9.17, 15) is 0 Å². The van der Waals surface area contributed by atoms with Crippen LogP contribution >= 0.6 is 0 Å². The molecule has 0 saturated carbocycles. The zero-order chi connectivity index (χ0) is 15.8. The van der Waals surface area contributed by atoms with Crippen LogP contribution < -0.4 is 0 Å². The number of allylic oxidation sites excluding steroid dienone is 4. The molecule has 0 aromatic heterocycles. The standard InChI is InChI=1S/C13H9.C5H5.C3H6.Zr.H/c1-3-7-12-10(5-1)9-11-6-2-4-8-13(11)12;1-2-4-5-3-1;1-3-2;;/h1-5,7-8H,9H2;1-3H,4H2;1-2H3;;/q2*-1;;;-1. The predicted molar refractivity (Wildman–Crippen MR) is 92.6 cm³/mol. The molecular weight excluding hydrogens is 343 g/mol. The molecule has 0 saturated heterocycles. The number of benzene rings is 2. The van der Waals surface area contributed by atoms with Gasteiger partial charge in [0.1, 0.15) is 0 Å². The molecule has 0 atom stereocenters.